The van der Waals surface area contributed by atoms with Gasteiger partial charge in [-0.15, -0.1) is 0 Å². The molecule has 1 aromatic heterocycles. The van der Waals surface area contributed by atoms with Gasteiger partial charge in [-0.05, 0) is 32.4 Å². The van der Waals surface area contributed by atoms with Gasteiger partial charge in [-0.2, -0.15) is 0 Å². The topological polar surface area (TPSA) is 62.3 Å². The highest BCUT2D eigenvalue weighted by molar-refractivity contribution is 6.04. The fourth-order valence-electron chi connectivity index (χ4n) is 2.96. The standard InChI is InChI=1S/C18H21N3O2/c1-3-21(4-2)18(23)14-11-13(14)17(22)20-15-9-5-7-12-8-6-10-19-16(12)15/h5-10,13-14H,3-4,11H2,1-2H3,(H,20,22). The molecular formula is C18H21N3O2. The third-order valence-corrected chi connectivity index (χ3v) is 4.41. The smallest absolute Gasteiger partial charge is 0.228 e. The number of rotatable bonds is 5. The molecule has 23 heavy (non-hydrogen) atoms. The lowest BCUT2D eigenvalue weighted by Gasteiger charge is -2.18. The third kappa shape index (κ3) is 3.04. The van der Waals surface area contributed by atoms with E-state index in [4.69, 9.17) is 0 Å². The van der Waals surface area contributed by atoms with Gasteiger partial charge in [0.15, 0.2) is 0 Å². The predicted molar refractivity (Wildman–Crippen MR) is 89.9 cm³/mol. The van der Waals surface area contributed by atoms with Crippen LogP contribution in [0.3, 0.4) is 0 Å². The van der Waals surface area contributed by atoms with Crippen molar-refractivity contribution in [1.29, 1.82) is 0 Å². The predicted octanol–water partition coefficient (Wildman–Crippen LogP) is 2.68. The van der Waals surface area contributed by atoms with Gasteiger partial charge in [0.25, 0.3) is 0 Å². The van der Waals surface area contributed by atoms with Crippen molar-refractivity contribution in [2.45, 2.75) is 20.3 Å². The molecule has 0 spiro atoms. The summed E-state index contributed by atoms with van der Waals surface area (Å²) in [6.45, 7) is 5.29. The number of anilines is 1. The largest absolute Gasteiger partial charge is 0.343 e. The maximum atomic E-state index is 12.4. The summed E-state index contributed by atoms with van der Waals surface area (Å²) in [5, 5.41) is 3.92. The Morgan fingerprint density at radius 3 is 2.65 bits per heavy atom. The van der Waals surface area contributed by atoms with E-state index in [1.165, 1.54) is 0 Å². The SMILES string of the molecule is CCN(CC)C(=O)C1CC1C(=O)Nc1cccc2cccnc12. The number of nitrogens with one attached hydrogen (secondary N) is 1. The second kappa shape index (κ2) is 6.36. The number of benzene rings is 1. The average Bonchev–Trinajstić information content (AvgIpc) is 3.37. The van der Waals surface area contributed by atoms with Crippen molar-refractivity contribution in [1.82, 2.24) is 9.88 Å². The number of pyridine rings is 1. The Kier molecular flexibility index (Phi) is 4.28. The molecule has 120 valence electrons. The Morgan fingerprint density at radius 2 is 1.91 bits per heavy atom. The summed E-state index contributed by atoms with van der Waals surface area (Å²) in [5.41, 5.74) is 1.48. The minimum absolute atomic E-state index is 0.0891. The van der Waals surface area contributed by atoms with E-state index in [1.807, 2.05) is 44.2 Å². The molecule has 0 radical (unpaired) electrons. The van der Waals surface area contributed by atoms with Gasteiger partial charge >= 0.3 is 0 Å². The molecule has 0 aliphatic heterocycles. The minimum atomic E-state index is -0.220. The Morgan fingerprint density at radius 1 is 1.17 bits per heavy atom. The fraction of sp³-hybridized carbons (Fsp3) is 0.389. The third-order valence-electron chi connectivity index (χ3n) is 4.41. The number of nitrogens with zero attached hydrogens (tertiary/aromatic N) is 2. The van der Waals surface area contributed by atoms with E-state index in [9.17, 15) is 9.59 Å². The van der Waals surface area contributed by atoms with Crippen LogP contribution in [0.4, 0.5) is 5.69 Å². The maximum absolute atomic E-state index is 12.4. The highest BCUT2D eigenvalue weighted by Gasteiger charge is 2.49. The van der Waals surface area contributed by atoms with Gasteiger partial charge in [-0.25, -0.2) is 0 Å². The minimum Gasteiger partial charge on any atom is -0.343 e. The molecule has 2 unspecified atom stereocenters. The van der Waals surface area contributed by atoms with Crippen LogP contribution in [0.25, 0.3) is 10.9 Å². The molecule has 1 aliphatic carbocycles. The molecule has 3 rings (SSSR count). The molecule has 1 saturated carbocycles. The summed E-state index contributed by atoms with van der Waals surface area (Å²) in [6.07, 6.45) is 2.35. The van der Waals surface area contributed by atoms with E-state index in [0.29, 0.717) is 25.2 Å². The monoisotopic (exact) mass is 311 g/mol. The van der Waals surface area contributed by atoms with E-state index in [-0.39, 0.29) is 23.7 Å². The van der Waals surface area contributed by atoms with E-state index in [0.717, 1.165) is 10.9 Å². The molecule has 1 N–H and O–H groups in total. The van der Waals surface area contributed by atoms with Crippen molar-refractivity contribution in [3.63, 3.8) is 0 Å². The number of hydrogen-bond acceptors (Lipinski definition) is 3. The van der Waals surface area contributed by atoms with E-state index in [1.54, 1.807) is 11.1 Å². The molecule has 2 amide bonds. The highest BCUT2D eigenvalue weighted by Crippen LogP contribution is 2.41. The van der Waals surface area contributed by atoms with Crippen LogP contribution in [-0.4, -0.2) is 34.8 Å². The zero-order valence-corrected chi connectivity index (χ0v) is 13.5. The van der Waals surface area contributed by atoms with Gasteiger partial charge in [-0.1, -0.05) is 18.2 Å². The number of hydrogen-bond donors (Lipinski definition) is 1. The lowest BCUT2D eigenvalue weighted by molar-refractivity contribution is -0.133. The van der Waals surface area contributed by atoms with Crippen molar-refractivity contribution in [2.24, 2.45) is 11.8 Å². The quantitative estimate of drug-likeness (QED) is 0.923. The van der Waals surface area contributed by atoms with Crippen LogP contribution >= 0.6 is 0 Å². The molecule has 5 heteroatoms. The fourth-order valence-corrected chi connectivity index (χ4v) is 2.96. The number of carbonyl (C=O) groups is 2. The lowest BCUT2D eigenvalue weighted by atomic mass is 10.2. The van der Waals surface area contributed by atoms with Gasteiger partial charge in [0.2, 0.25) is 11.8 Å². The second-order valence-electron chi connectivity index (χ2n) is 5.83. The van der Waals surface area contributed by atoms with Crippen LogP contribution in [0.5, 0.6) is 0 Å². The first-order valence-electron chi connectivity index (χ1n) is 8.09. The molecule has 0 saturated heterocycles. The van der Waals surface area contributed by atoms with Gasteiger partial charge in [0.05, 0.1) is 23.0 Å². The number of aromatic nitrogens is 1. The van der Waals surface area contributed by atoms with Crippen molar-refractivity contribution < 1.29 is 9.59 Å². The van der Waals surface area contributed by atoms with Gasteiger partial charge < -0.3 is 10.2 Å². The second-order valence-corrected chi connectivity index (χ2v) is 5.83. The van der Waals surface area contributed by atoms with E-state index < -0.39 is 0 Å². The lowest BCUT2D eigenvalue weighted by Crippen LogP contribution is -2.33. The Bertz CT molecular complexity index is 735. The molecule has 2 aromatic rings. The number of para-hydroxylation sites is 1. The Labute approximate surface area is 135 Å². The normalized spacial score (nSPS) is 19.4. The van der Waals surface area contributed by atoms with E-state index in [2.05, 4.69) is 10.3 Å². The first-order chi connectivity index (χ1) is 11.2. The summed E-state index contributed by atoms with van der Waals surface area (Å²) >= 11 is 0. The molecular weight excluding hydrogens is 290 g/mol. The van der Waals surface area contributed by atoms with Gasteiger partial charge in [0.1, 0.15) is 0 Å². The van der Waals surface area contributed by atoms with Crippen molar-refractivity contribution >= 4 is 28.4 Å². The molecule has 1 aromatic carbocycles. The summed E-state index contributed by atoms with van der Waals surface area (Å²) in [6, 6.07) is 9.53. The first-order valence-corrected chi connectivity index (χ1v) is 8.09. The van der Waals surface area contributed by atoms with Crippen molar-refractivity contribution in [3.05, 3.63) is 36.5 Å². The molecule has 2 atom stereocenters. The van der Waals surface area contributed by atoms with Crippen LogP contribution < -0.4 is 5.32 Å². The van der Waals surface area contributed by atoms with Crippen LogP contribution in [0.15, 0.2) is 36.5 Å². The Hall–Kier alpha value is -2.43. The van der Waals surface area contributed by atoms with Crippen LogP contribution in [0.2, 0.25) is 0 Å². The first kappa shape index (κ1) is 15.5. The van der Waals surface area contributed by atoms with E-state index >= 15 is 0 Å². The van der Waals surface area contributed by atoms with Crippen LogP contribution in [-0.2, 0) is 9.59 Å². The number of fused-ring (bicyclic) bond motifs is 1. The summed E-state index contributed by atoms with van der Waals surface area (Å²) in [5.74, 6) is -0.389. The molecule has 1 aliphatic rings. The summed E-state index contributed by atoms with van der Waals surface area (Å²) < 4.78 is 0. The van der Waals surface area contributed by atoms with Crippen LogP contribution in [0, 0.1) is 11.8 Å². The summed E-state index contributed by atoms with van der Waals surface area (Å²) in [4.78, 5) is 30.8. The molecule has 5 nitrogen and oxygen atoms in total. The Balaban J connectivity index is 1.70. The zero-order chi connectivity index (χ0) is 16.4. The maximum Gasteiger partial charge on any atom is 0.228 e. The zero-order valence-electron chi connectivity index (χ0n) is 13.5. The van der Waals surface area contributed by atoms with Crippen LogP contribution in [0.1, 0.15) is 20.3 Å². The number of amides is 2. The van der Waals surface area contributed by atoms with Gasteiger partial charge in [-0.3, -0.25) is 14.6 Å². The molecule has 1 fully saturated rings. The highest BCUT2D eigenvalue weighted by atomic mass is 16.2. The van der Waals surface area contributed by atoms with Crippen molar-refractivity contribution in [2.75, 3.05) is 18.4 Å². The van der Waals surface area contributed by atoms with Gasteiger partial charge in [0, 0.05) is 24.7 Å². The average molecular weight is 311 g/mol. The van der Waals surface area contributed by atoms with Crippen molar-refractivity contribution in [3.8, 4) is 0 Å². The molecule has 1 heterocycles. The number of carbonyl (C=O) groups excluding carboxylic acids is 2. The summed E-state index contributed by atoms with van der Waals surface area (Å²) in [7, 11) is 0. The molecule has 0 bridgehead atoms.